The number of benzene rings is 2. The largest absolute Gasteiger partial charge is 0.493 e. The fraction of sp³-hybridized carbons (Fsp3) is 0.417. The van der Waals surface area contributed by atoms with Gasteiger partial charge in [0, 0.05) is 37.0 Å². The predicted octanol–water partition coefficient (Wildman–Crippen LogP) is 2.79. The Hall–Kier alpha value is -3.11. The van der Waals surface area contributed by atoms with Crippen molar-refractivity contribution in [2.24, 2.45) is 0 Å². The van der Waals surface area contributed by atoms with E-state index in [2.05, 4.69) is 5.32 Å². The van der Waals surface area contributed by atoms with E-state index in [1.54, 1.807) is 35.2 Å². The van der Waals surface area contributed by atoms with Gasteiger partial charge in [0.15, 0.2) is 11.5 Å². The number of nitrogens with zero attached hydrogens (tertiary/aromatic N) is 2. The van der Waals surface area contributed by atoms with Gasteiger partial charge in [-0.3, -0.25) is 9.59 Å². The molecule has 1 fully saturated rings. The van der Waals surface area contributed by atoms with Crippen LogP contribution in [0, 0.1) is 0 Å². The second-order valence-corrected chi connectivity index (χ2v) is 10.5. The molecule has 2 atom stereocenters. The third kappa shape index (κ3) is 4.23. The van der Waals surface area contributed by atoms with E-state index < -0.39 is 22.0 Å². The Morgan fingerprint density at radius 1 is 1.06 bits per heavy atom. The van der Waals surface area contributed by atoms with Gasteiger partial charge in [0.25, 0.3) is 0 Å². The number of amides is 2. The van der Waals surface area contributed by atoms with E-state index in [1.807, 2.05) is 6.92 Å². The highest BCUT2D eigenvalue weighted by molar-refractivity contribution is 7.89. The molecule has 2 aliphatic rings. The van der Waals surface area contributed by atoms with Gasteiger partial charge < -0.3 is 19.7 Å². The topological polar surface area (TPSA) is 105 Å². The first-order chi connectivity index (χ1) is 16.2. The molecule has 2 heterocycles. The summed E-state index contributed by atoms with van der Waals surface area (Å²) in [6.45, 7) is 3.70. The van der Waals surface area contributed by atoms with Crippen LogP contribution in [0.5, 0.6) is 11.5 Å². The van der Waals surface area contributed by atoms with Gasteiger partial charge in [-0.1, -0.05) is 0 Å². The van der Waals surface area contributed by atoms with Crippen LogP contribution < -0.4 is 19.7 Å². The number of carbonyl (C=O) groups excluding carboxylic acids is 2. The molecular weight excluding hydrogens is 458 g/mol. The minimum absolute atomic E-state index is 0.0303. The molecule has 0 aromatic heterocycles. The Balaban J connectivity index is 1.56. The summed E-state index contributed by atoms with van der Waals surface area (Å²) < 4.78 is 38.8. The highest BCUT2D eigenvalue weighted by Crippen LogP contribution is 2.36. The second kappa shape index (κ2) is 9.27. The number of sulfonamides is 1. The van der Waals surface area contributed by atoms with E-state index in [1.165, 1.54) is 31.5 Å². The van der Waals surface area contributed by atoms with Gasteiger partial charge >= 0.3 is 0 Å². The minimum Gasteiger partial charge on any atom is -0.493 e. The summed E-state index contributed by atoms with van der Waals surface area (Å²) in [4.78, 5) is 26.9. The molecular formula is C24H29N3O6S. The van der Waals surface area contributed by atoms with Crippen molar-refractivity contribution < 1.29 is 27.5 Å². The summed E-state index contributed by atoms with van der Waals surface area (Å²) >= 11 is 0. The van der Waals surface area contributed by atoms with E-state index in [4.69, 9.17) is 9.47 Å². The van der Waals surface area contributed by atoms with Crippen LogP contribution in [0.15, 0.2) is 41.3 Å². The van der Waals surface area contributed by atoms with Gasteiger partial charge in [-0.05, 0) is 62.1 Å². The van der Waals surface area contributed by atoms with Crippen LogP contribution in [0.1, 0.15) is 32.3 Å². The molecule has 0 spiro atoms. The van der Waals surface area contributed by atoms with Gasteiger partial charge in [0.05, 0.1) is 19.1 Å². The van der Waals surface area contributed by atoms with Crippen molar-refractivity contribution >= 4 is 33.2 Å². The lowest BCUT2D eigenvalue weighted by Crippen LogP contribution is -2.43. The molecule has 4 rings (SSSR count). The van der Waals surface area contributed by atoms with Crippen molar-refractivity contribution in [2.45, 2.75) is 50.1 Å². The van der Waals surface area contributed by atoms with E-state index in [0.29, 0.717) is 36.4 Å². The van der Waals surface area contributed by atoms with E-state index in [0.717, 1.165) is 11.3 Å². The Bertz CT molecular complexity index is 1230. The highest BCUT2D eigenvalue weighted by Gasteiger charge is 2.40. The zero-order chi connectivity index (χ0) is 24.6. The third-order valence-electron chi connectivity index (χ3n) is 6.37. The number of hydrogen-bond donors (Lipinski definition) is 1. The average molecular weight is 488 g/mol. The first kappa shape index (κ1) is 24.0. The highest BCUT2D eigenvalue weighted by atomic mass is 32.2. The Morgan fingerprint density at radius 3 is 2.47 bits per heavy atom. The summed E-state index contributed by atoms with van der Waals surface area (Å²) in [5.74, 6) is 0.516. The number of methoxy groups -OCH3 is 2. The fourth-order valence-electron chi connectivity index (χ4n) is 4.81. The second-order valence-electron chi connectivity index (χ2n) is 8.57. The number of nitrogens with one attached hydrogen (secondary N) is 1. The van der Waals surface area contributed by atoms with Crippen LogP contribution in [-0.2, 0) is 26.0 Å². The number of hydrogen-bond acceptors (Lipinski definition) is 6. The molecule has 2 aromatic rings. The molecule has 0 unspecified atom stereocenters. The summed E-state index contributed by atoms with van der Waals surface area (Å²) in [5, 5.41) is 2.80. The predicted molar refractivity (Wildman–Crippen MR) is 128 cm³/mol. The Morgan fingerprint density at radius 2 is 1.79 bits per heavy atom. The first-order valence-electron chi connectivity index (χ1n) is 11.1. The molecule has 0 saturated carbocycles. The van der Waals surface area contributed by atoms with Crippen LogP contribution >= 0.6 is 0 Å². The average Bonchev–Trinajstić information content (AvgIpc) is 3.43. The number of carbonyl (C=O) groups is 2. The maximum Gasteiger partial charge on any atom is 0.243 e. The molecule has 34 heavy (non-hydrogen) atoms. The van der Waals surface area contributed by atoms with E-state index in [9.17, 15) is 18.0 Å². The zero-order valence-corrected chi connectivity index (χ0v) is 20.5. The summed E-state index contributed by atoms with van der Waals surface area (Å²) in [6, 6.07) is 8.96. The molecule has 182 valence electrons. The lowest BCUT2D eigenvalue weighted by molar-refractivity contribution is -0.119. The van der Waals surface area contributed by atoms with Gasteiger partial charge in [-0.15, -0.1) is 0 Å². The lowest BCUT2D eigenvalue weighted by Gasteiger charge is -2.24. The van der Waals surface area contributed by atoms with Crippen LogP contribution in [0.25, 0.3) is 0 Å². The minimum atomic E-state index is -3.90. The van der Waals surface area contributed by atoms with Crippen molar-refractivity contribution in [1.82, 2.24) is 4.31 Å². The van der Waals surface area contributed by atoms with Gasteiger partial charge in [0.2, 0.25) is 21.8 Å². The quantitative estimate of drug-likeness (QED) is 0.672. The van der Waals surface area contributed by atoms with Crippen molar-refractivity contribution in [3.8, 4) is 11.5 Å². The monoisotopic (exact) mass is 487 g/mol. The summed E-state index contributed by atoms with van der Waals surface area (Å²) in [5.41, 5.74) is 2.04. The maximum atomic E-state index is 13.5. The number of rotatable bonds is 6. The molecule has 1 saturated heterocycles. The van der Waals surface area contributed by atoms with Crippen molar-refractivity contribution in [3.63, 3.8) is 0 Å². The molecule has 10 heteroatoms. The summed E-state index contributed by atoms with van der Waals surface area (Å²) in [6.07, 6.45) is 1.60. The zero-order valence-electron chi connectivity index (χ0n) is 19.7. The van der Waals surface area contributed by atoms with Crippen LogP contribution in [-0.4, -0.2) is 57.4 Å². The number of ether oxygens (including phenoxy) is 2. The third-order valence-corrected chi connectivity index (χ3v) is 8.27. The van der Waals surface area contributed by atoms with Crippen molar-refractivity contribution in [2.75, 3.05) is 31.0 Å². The fourth-order valence-corrected chi connectivity index (χ4v) is 6.52. The maximum absolute atomic E-state index is 13.5. The van der Waals surface area contributed by atoms with Crippen molar-refractivity contribution in [1.29, 1.82) is 0 Å². The molecule has 9 nitrogen and oxygen atoms in total. The summed E-state index contributed by atoms with van der Waals surface area (Å²) in [7, 11) is -0.877. The normalized spacial score (nSPS) is 20.2. The smallest absolute Gasteiger partial charge is 0.243 e. The van der Waals surface area contributed by atoms with E-state index >= 15 is 0 Å². The van der Waals surface area contributed by atoms with Crippen LogP contribution in [0.3, 0.4) is 0 Å². The SMILES string of the molecule is COc1ccc(NC(=O)[C@H]2CCCN2S(=O)(=O)c2ccc3c(c2)C[C@@H](C)N3C(C)=O)cc1OC. The first-order valence-corrected chi connectivity index (χ1v) is 12.6. The van der Waals surface area contributed by atoms with Crippen molar-refractivity contribution in [3.05, 3.63) is 42.0 Å². The van der Waals surface area contributed by atoms with Crippen LogP contribution in [0.4, 0.5) is 11.4 Å². The van der Waals surface area contributed by atoms with Gasteiger partial charge in [-0.25, -0.2) is 8.42 Å². The van der Waals surface area contributed by atoms with E-state index in [-0.39, 0.29) is 23.4 Å². The lowest BCUT2D eigenvalue weighted by atomic mass is 10.1. The molecule has 0 bridgehead atoms. The van der Waals surface area contributed by atoms with Gasteiger partial charge in [-0.2, -0.15) is 4.31 Å². The van der Waals surface area contributed by atoms with Crippen LogP contribution in [0.2, 0.25) is 0 Å². The number of anilines is 2. The van der Waals surface area contributed by atoms with Gasteiger partial charge in [0.1, 0.15) is 6.04 Å². The molecule has 0 radical (unpaired) electrons. The molecule has 0 aliphatic carbocycles. The molecule has 2 amide bonds. The Kier molecular flexibility index (Phi) is 6.55. The molecule has 2 aromatic carbocycles. The Labute approximate surface area is 199 Å². The number of fused-ring (bicyclic) bond motifs is 1. The molecule has 1 N–H and O–H groups in total. The molecule has 2 aliphatic heterocycles. The standard InChI is InChI=1S/C24H29N3O6S/c1-15-12-17-13-19(8-9-20(17)27(15)16(2)28)34(30,31)26-11-5-6-21(26)24(29)25-18-7-10-22(32-3)23(14-18)33-4/h7-10,13-15,21H,5-6,11-12H2,1-4H3,(H,25,29)/t15-,21-/m1/s1.